The minimum Gasteiger partial charge on any atom is -0.383 e. The van der Waals surface area contributed by atoms with Crippen LogP contribution in [-0.4, -0.2) is 94.0 Å². The number of benzene rings is 1. The minimum absolute atomic E-state index is 0.0206. The molecule has 1 aromatic carbocycles. The number of piperazine rings is 1. The van der Waals surface area contributed by atoms with Gasteiger partial charge in [-0.3, -0.25) is 9.69 Å². The largest absolute Gasteiger partial charge is 0.383 e. The highest BCUT2D eigenvalue weighted by Gasteiger charge is 2.41. The summed E-state index contributed by atoms with van der Waals surface area (Å²) in [6, 6.07) is 9.44. The summed E-state index contributed by atoms with van der Waals surface area (Å²) in [5.74, 6) is 0.0206. The predicted molar refractivity (Wildman–Crippen MR) is 103 cm³/mol. The van der Waals surface area contributed by atoms with Crippen molar-refractivity contribution in [1.82, 2.24) is 18.8 Å². The average Bonchev–Trinajstić information content (AvgIpc) is 3.09. The highest BCUT2D eigenvalue weighted by molar-refractivity contribution is 7.87. The molecular weight excluding hydrogens is 368 g/mol. The minimum atomic E-state index is -3.57. The topological polar surface area (TPSA) is 82.2 Å². The number of carbonyl (C=O) groups is 1. The summed E-state index contributed by atoms with van der Waals surface area (Å²) < 4.78 is 33.6. The lowest BCUT2D eigenvalue weighted by Gasteiger charge is -2.40. The lowest BCUT2D eigenvalue weighted by molar-refractivity contribution is 0.0502. The Labute approximate surface area is 161 Å². The molecular formula is C18H28N4O4S. The average molecular weight is 397 g/mol. The second-order valence-electron chi connectivity index (χ2n) is 7.08. The molecule has 0 saturated carbocycles. The summed E-state index contributed by atoms with van der Waals surface area (Å²) in [6.45, 7) is 3.13. The first-order valence-electron chi connectivity index (χ1n) is 9.22. The predicted octanol–water partition coefficient (Wildman–Crippen LogP) is -0.00210. The van der Waals surface area contributed by atoms with Gasteiger partial charge < -0.3 is 9.64 Å². The van der Waals surface area contributed by atoms with Gasteiger partial charge >= 0.3 is 0 Å². The highest BCUT2D eigenvalue weighted by atomic mass is 32.2. The first-order chi connectivity index (χ1) is 12.9. The molecule has 2 saturated heterocycles. The maximum absolute atomic E-state index is 12.9. The molecule has 0 aliphatic carbocycles. The Bertz CT molecular complexity index is 743. The van der Waals surface area contributed by atoms with Crippen LogP contribution in [0.4, 0.5) is 0 Å². The number of nitrogens with zero attached hydrogens (tertiary/aromatic N) is 3. The Hall–Kier alpha value is -1.52. The Morgan fingerprint density at radius 1 is 1.30 bits per heavy atom. The van der Waals surface area contributed by atoms with E-state index < -0.39 is 10.2 Å². The van der Waals surface area contributed by atoms with Crippen molar-refractivity contribution in [2.24, 2.45) is 0 Å². The molecule has 2 fully saturated rings. The van der Waals surface area contributed by atoms with Gasteiger partial charge in [0.2, 0.25) is 0 Å². The lowest BCUT2D eigenvalue weighted by atomic mass is 10.1. The molecule has 0 aromatic heterocycles. The summed E-state index contributed by atoms with van der Waals surface area (Å²) in [4.78, 5) is 17.1. The van der Waals surface area contributed by atoms with Gasteiger partial charge in [0.15, 0.2) is 0 Å². The van der Waals surface area contributed by atoms with Crippen LogP contribution in [0.25, 0.3) is 0 Å². The van der Waals surface area contributed by atoms with Gasteiger partial charge in [0, 0.05) is 64.5 Å². The number of nitrogens with one attached hydrogen (secondary N) is 1. The summed E-state index contributed by atoms with van der Waals surface area (Å²) in [7, 11) is -0.500. The van der Waals surface area contributed by atoms with Crippen molar-refractivity contribution in [3.8, 4) is 0 Å². The number of hydrogen-bond donors (Lipinski definition) is 1. The maximum Gasteiger partial charge on any atom is 0.279 e. The van der Waals surface area contributed by atoms with Gasteiger partial charge in [-0.15, -0.1) is 0 Å². The SMILES string of the molecule is COCCN(C)S(=O)(=O)NC[C@@H]1CN(C(=O)c2ccccc2)[C@H]2CCN1C2. The zero-order valence-electron chi connectivity index (χ0n) is 15.9. The van der Waals surface area contributed by atoms with Crippen LogP contribution < -0.4 is 4.72 Å². The third-order valence-electron chi connectivity index (χ3n) is 5.36. The van der Waals surface area contributed by atoms with Crippen LogP contribution in [0.2, 0.25) is 0 Å². The van der Waals surface area contributed by atoms with E-state index in [0.29, 0.717) is 25.3 Å². The zero-order chi connectivity index (χ0) is 19.4. The normalized spacial score (nSPS) is 25.1. The summed E-state index contributed by atoms with van der Waals surface area (Å²) in [5, 5.41) is 0. The molecule has 0 radical (unpaired) electrons. The number of hydrogen-bond acceptors (Lipinski definition) is 5. The number of likely N-dealkylation sites (N-methyl/N-ethyl adjacent to an activating group) is 1. The number of ether oxygens (including phenoxy) is 1. The molecule has 1 aromatic rings. The van der Waals surface area contributed by atoms with Crippen molar-refractivity contribution in [3.05, 3.63) is 35.9 Å². The standard InChI is InChI=1S/C18H28N4O4S/c1-20(10-11-26-2)27(24,25)19-12-17-14-22(16-8-9-21(17)13-16)18(23)15-6-4-3-5-7-15/h3-7,16-17,19H,8-14H2,1-2H3/t16-,17+/m0/s1. The van der Waals surface area contributed by atoms with Gasteiger partial charge in [0.25, 0.3) is 16.1 Å². The Balaban J connectivity index is 1.64. The van der Waals surface area contributed by atoms with Crippen molar-refractivity contribution in [2.45, 2.75) is 18.5 Å². The second kappa shape index (κ2) is 8.66. The van der Waals surface area contributed by atoms with Crippen LogP contribution in [-0.2, 0) is 14.9 Å². The third-order valence-corrected chi connectivity index (χ3v) is 6.90. The quantitative estimate of drug-likeness (QED) is 0.669. The molecule has 2 aliphatic rings. The first-order valence-corrected chi connectivity index (χ1v) is 10.7. The number of amides is 1. The summed E-state index contributed by atoms with van der Waals surface area (Å²) in [6.07, 6.45) is 0.926. The van der Waals surface area contributed by atoms with Crippen LogP contribution in [0.15, 0.2) is 30.3 Å². The molecule has 9 heteroatoms. The summed E-state index contributed by atoms with van der Waals surface area (Å²) in [5.41, 5.74) is 0.677. The molecule has 0 spiro atoms. The van der Waals surface area contributed by atoms with Crippen LogP contribution in [0.3, 0.4) is 0 Å². The molecule has 1 unspecified atom stereocenters. The zero-order valence-corrected chi connectivity index (χ0v) is 16.7. The van der Waals surface area contributed by atoms with E-state index in [1.807, 2.05) is 35.2 Å². The van der Waals surface area contributed by atoms with Gasteiger partial charge in [-0.25, -0.2) is 4.72 Å². The number of fused-ring (bicyclic) bond motifs is 2. The Kier molecular flexibility index (Phi) is 6.48. The fourth-order valence-electron chi connectivity index (χ4n) is 3.69. The second-order valence-corrected chi connectivity index (χ2v) is 8.94. The van der Waals surface area contributed by atoms with Gasteiger partial charge in [0.05, 0.1) is 6.61 Å². The molecule has 1 N–H and O–H groups in total. The maximum atomic E-state index is 12.9. The molecule has 2 heterocycles. The highest BCUT2D eigenvalue weighted by Crippen LogP contribution is 2.26. The van der Waals surface area contributed by atoms with Crippen molar-refractivity contribution < 1.29 is 17.9 Å². The van der Waals surface area contributed by atoms with Crippen LogP contribution >= 0.6 is 0 Å². The van der Waals surface area contributed by atoms with E-state index in [-0.39, 0.29) is 24.5 Å². The van der Waals surface area contributed by atoms with Crippen LogP contribution in [0.1, 0.15) is 16.8 Å². The van der Waals surface area contributed by atoms with Crippen molar-refractivity contribution in [3.63, 3.8) is 0 Å². The molecule has 1 amide bonds. The Morgan fingerprint density at radius 2 is 2.04 bits per heavy atom. The van der Waals surface area contributed by atoms with E-state index in [2.05, 4.69) is 9.62 Å². The molecule has 150 valence electrons. The lowest BCUT2D eigenvalue weighted by Crippen LogP contribution is -2.58. The van der Waals surface area contributed by atoms with Crippen molar-refractivity contribution in [1.29, 1.82) is 0 Å². The monoisotopic (exact) mass is 396 g/mol. The fourth-order valence-corrected chi connectivity index (χ4v) is 4.62. The van der Waals surface area contributed by atoms with Gasteiger partial charge in [0.1, 0.15) is 0 Å². The molecule has 8 nitrogen and oxygen atoms in total. The van der Waals surface area contributed by atoms with Gasteiger partial charge in [-0.1, -0.05) is 18.2 Å². The fraction of sp³-hybridized carbons (Fsp3) is 0.611. The number of rotatable bonds is 8. The van der Waals surface area contributed by atoms with E-state index in [4.69, 9.17) is 4.74 Å². The number of methoxy groups -OCH3 is 1. The van der Waals surface area contributed by atoms with E-state index in [1.54, 1.807) is 0 Å². The Morgan fingerprint density at radius 3 is 2.74 bits per heavy atom. The van der Waals surface area contributed by atoms with Crippen LogP contribution in [0, 0.1) is 0 Å². The molecule has 2 bridgehead atoms. The first kappa shape index (κ1) is 20.2. The molecule has 2 aliphatic heterocycles. The van der Waals surface area contributed by atoms with E-state index in [9.17, 15) is 13.2 Å². The van der Waals surface area contributed by atoms with E-state index in [1.165, 1.54) is 18.5 Å². The smallest absolute Gasteiger partial charge is 0.279 e. The van der Waals surface area contributed by atoms with Crippen molar-refractivity contribution >= 4 is 16.1 Å². The molecule has 3 rings (SSSR count). The molecule has 27 heavy (non-hydrogen) atoms. The van der Waals surface area contributed by atoms with Gasteiger partial charge in [-0.2, -0.15) is 12.7 Å². The summed E-state index contributed by atoms with van der Waals surface area (Å²) >= 11 is 0. The van der Waals surface area contributed by atoms with Crippen LogP contribution in [0.5, 0.6) is 0 Å². The number of carbonyl (C=O) groups excluding carboxylic acids is 1. The van der Waals surface area contributed by atoms with Gasteiger partial charge in [-0.05, 0) is 18.6 Å². The van der Waals surface area contributed by atoms with Crippen molar-refractivity contribution in [2.75, 3.05) is 53.5 Å². The van der Waals surface area contributed by atoms with E-state index in [0.717, 1.165) is 19.5 Å². The van der Waals surface area contributed by atoms with E-state index >= 15 is 0 Å². The molecule has 3 atom stereocenters. The third kappa shape index (κ3) is 4.67.